The second-order valence-electron chi connectivity index (χ2n) is 6.32. The van der Waals surface area contributed by atoms with Gasteiger partial charge in [0.15, 0.2) is 12.6 Å². The molecule has 2 atom stereocenters. The first-order valence-corrected chi connectivity index (χ1v) is 8.73. The minimum atomic E-state index is -0.388. The Labute approximate surface area is 141 Å². The summed E-state index contributed by atoms with van der Waals surface area (Å²) in [5.41, 5.74) is 0.304. The van der Waals surface area contributed by atoms with Gasteiger partial charge in [0.1, 0.15) is 11.5 Å². The molecule has 0 saturated carbocycles. The largest absolute Gasteiger partial charge is 0.457 e. The van der Waals surface area contributed by atoms with Crippen molar-refractivity contribution in [3.63, 3.8) is 0 Å². The molecule has 0 spiro atoms. The zero-order valence-corrected chi connectivity index (χ0v) is 14.5. The Kier molecular flexibility index (Phi) is 5.86. The highest BCUT2D eigenvalue weighted by molar-refractivity contribution is 5.25. The first kappa shape index (κ1) is 17.4. The van der Waals surface area contributed by atoms with Gasteiger partial charge >= 0.3 is 0 Å². The summed E-state index contributed by atoms with van der Waals surface area (Å²) in [6.07, 6.45) is 5.24. The molecule has 0 bridgehead atoms. The van der Waals surface area contributed by atoms with Crippen molar-refractivity contribution in [2.24, 2.45) is 7.05 Å². The normalized spacial score (nSPS) is 24.8. The molecule has 0 aromatic carbocycles. The number of rotatable bonds is 5. The van der Waals surface area contributed by atoms with Crippen LogP contribution in [0.15, 0.2) is 4.79 Å². The lowest BCUT2D eigenvalue weighted by atomic mass is 10.2. The number of hydrogen-bond donors (Lipinski definition) is 0. The number of aromatic nitrogens is 2. The van der Waals surface area contributed by atoms with E-state index in [1.165, 1.54) is 4.57 Å². The molecular formula is C17H26N2O5. The van der Waals surface area contributed by atoms with Gasteiger partial charge in [-0.05, 0) is 39.0 Å². The van der Waals surface area contributed by atoms with Gasteiger partial charge in [0.05, 0.1) is 13.2 Å². The maximum atomic E-state index is 12.6. The highest BCUT2D eigenvalue weighted by Crippen LogP contribution is 2.21. The summed E-state index contributed by atoms with van der Waals surface area (Å²) in [5, 5.41) is 0. The van der Waals surface area contributed by atoms with Gasteiger partial charge in [0.25, 0.3) is 5.56 Å². The molecule has 2 saturated heterocycles. The number of ether oxygens (including phenoxy) is 4. The van der Waals surface area contributed by atoms with Crippen LogP contribution in [0.3, 0.4) is 0 Å². The third kappa shape index (κ3) is 4.15. The number of aryl methyl sites for hydroxylation is 1. The summed E-state index contributed by atoms with van der Waals surface area (Å²) in [5.74, 6) is 0.853. The third-order valence-electron chi connectivity index (χ3n) is 4.47. The van der Waals surface area contributed by atoms with Crippen molar-refractivity contribution < 1.29 is 18.9 Å². The predicted molar refractivity (Wildman–Crippen MR) is 86.8 cm³/mol. The van der Waals surface area contributed by atoms with E-state index in [-0.39, 0.29) is 30.5 Å². The van der Waals surface area contributed by atoms with Gasteiger partial charge < -0.3 is 18.9 Å². The Morgan fingerprint density at radius 2 is 1.79 bits per heavy atom. The Balaban J connectivity index is 1.76. The predicted octanol–water partition coefficient (Wildman–Crippen LogP) is 2.04. The van der Waals surface area contributed by atoms with Gasteiger partial charge in [0.2, 0.25) is 5.75 Å². The Morgan fingerprint density at radius 3 is 2.42 bits per heavy atom. The van der Waals surface area contributed by atoms with Crippen molar-refractivity contribution in [1.29, 1.82) is 0 Å². The Hall–Kier alpha value is -1.44. The van der Waals surface area contributed by atoms with E-state index in [2.05, 4.69) is 4.98 Å². The van der Waals surface area contributed by atoms with Crippen LogP contribution < -0.4 is 10.3 Å². The molecule has 0 aliphatic carbocycles. The van der Waals surface area contributed by atoms with Crippen molar-refractivity contribution in [2.75, 3.05) is 13.2 Å². The lowest BCUT2D eigenvalue weighted by molar-refractivity contribution is -0.170. The third-order valence-corrected chi connectivity index (χ3v) is 4.47. The van der Waals surface area contributed by atoms with Crippen LogP contribution >= 0.6 is 0 Å². The molecule has 7 nitrogen and oxygen atoms in total. The van der Waals surface area contributed by atoms with Gasteiger partial charge in [-0.1, -0.05) is 0 Å². The summed E-state index contributed by atoms with van der Waals surface area (Å²) in [6.45, 7) is 3.37. The Morgan fingerprint density at radius 1 is 1.12 bits per heavy atom. The summed E-state index contributed by atoms with van der Waals surface area (Å²) < 4.78 is 24.3. The second-order valence-corrected chi connectivity index (χ2v) is 6.32. The molecule has 1 aromatic heterocycles. The highest BCUT2D eigenvalue weighted by Gasteiger charge is 2.23. The molecule has 2 fully saturated rings. The molecule has 0 radical (unpaired) electrons. The number of hydrogen-bond acceptors (Lipinski definition) is 6. The van der Waals surface area contributed by atoms with Crippen molar-refractivity contribution in [1.82, 2.24) is 9.55 Å². The molecule has 3 heterocycles. The molecule has 2 aliphatic heterocycles. The van der Waals surface area contributed by atoms with E-state index in [1.54, 1.807) is 14.0 Å². The van der Waals surface area contributed by atoms with Gasteiger partial charge in [-0.2, -0.15) is 0 Å². The topological polar surface area (TPSA) is 71.8 Å². The van der Waals surface area contributed by atoms with E-state index in [4.69, 9.17) is 18.9 Å². The first-order valence-electron chi connectivity index (χ1n) is 8.73. The van der Waals surface area contributed by atoms with E-state index in [0.29, 0.717) is 24.7 Å². The first-order chi connectivity index (χ1) is 11.6. The average Bonchev–Trinajstić information content (AvgIpc) is 2.62. The SMILES string of the molecule is Cc1nc(COC2CCCCO2)c(OC2CCCCO2)c(=O)n1C. The van der Waals surface area contributed by atoms with Crippen molar-refractivity contribution in [2.45, 2.75) is 64.6 Å². The zero-order chi connectivity index (χ0) is 16.9. The van der Waals surface area contributed by atoms with Crippen LogP contribution in [0.2, 0.25) is 0 Å². The smallest absolute Gasteiger partial charge is 0.296 e. The van der Waals surface area contributed by atoms with Crippen LogP contribution in [0.25, 0.3) is 0 Å². The van der Waals surface area contributed by atoms with Crippen molar-refractivity contribution in [3.8, 4) is 5.75 Å². The van der Waals surface area contributed by atoms with Crippen LogP contribution in [0.1, 0.15) is 50.0 Å². The van der Waals surface area contributed by atoms with Crippen LogP contribution in [-0.2, 0) is 27.9 Å². The van der Waals surface area contributed by atoms with E-state index in [0.717, 1.165) is 38.5 Å². The summed E-state index contributed by atoms with van der Waals surface area (Å²) >= 11 is 0. The van der Waals surface area contributed by atoms with E-state index in [1.807, 2.05) is 0 Å². The van der Waals surface area contributed by atoms with Gasteiger partial charge in [-0.3, -0.25) is 9.36 Å². The van der Waals surface area contributed by atoms with Crippen molar-refractivity contribution in [3.05, 3.63) is 21.9 Å². The molecular weight excluding hydrogens is 312 g/mol. The van der Waals surface area contributed by atoms with Gasteiger partial charge in [-0.15, -0.1) is 0 Å². The van der Waals surface area contributed by atoms with Crippen LogP contribution in [0.5, 0.6) is 5.75 Å². The molecule has 0 amide bonds. The highest BCUT2D eigenvalue weighted by atomic mass is 16.7. The quantitative estimate of drug-likeness (QED) is 0.818. The van der Waals surface area contributed by atoms with E-state index in [9.17, 15) is 4.79 Å². The fraction of sp³-hybridized carbons (Fsp3) is 0.765. The minimum absolute atomic E-state index is 0.198. The fourth-order valence-electron chi connectivity index (χ4n) is 2.91. The lowest BCUT2D eigenvalue weighted by Crippen LogP contribution is -2.32. The molecule has 24 heavy (non-hydrogen) atoms. The monoisotopic (exact) mass is 338 g/mol. The van der Waals surface area contributed by atoms with Gasteiger partial charge in [0, 0.05) is 20.1 Å². The maximum absolute atomic E-state index is 12.6. The zero-order valence-electron chi connectivity index (χ0n) is 14.5. The summed E-state index contributed by atoms with van der Waals surface area (Å²) in [4.78, 5) is 17.1. The van der Waals surface area contributed by atoms with Crippen LogP contribution in [0, 0.1) is 6.92 Å². The van der Waals surface area contributed by atoms with Crippen LogP contribution in [-0.4, -0.2) is 35.3 Å². The average molecular weight is 338 g/mol. The Bertz CT molecular complexity index is 604. The summed E-state index contributed by atoms with van der Waals surface area (Å²) in [6, 6.07) is 0. The lowest BCUT2D eigenvalue weighted by Gasteiger charge is -2.25. The molecule has 3 rings (SSSR count). The molecule has 2 unspecified atom stereocenters. The molecule has 2 aliphatic rings. The summed E-state index contributed by atoms with van der Waals surface area (Å²) in [7, 11) is 1.69. The van der Waals surface area contributed by atoms with Crippen LogP contribution in [0.4, 0.5) is 0 Å². The standard InChI is InChI=1S/C17H26N2O5/c1-12-18-13(11-23-14-7-3-5-9-21-14)16(17(20)19(12)2)24-15-8-4-6-10-22-15/h14-15H,3-11H2,1-2H3. The molecule has 1 aromatic rings. The second kappa shape index (κ2) is 8.09. The number of nitrogens with zero attached hydrogens (tertiary/aromatic N) is 2. The van der Waals surface area contributed by atoms with Gasteiger partial charge in [-0.25, -0.2) is 4.98 Å². The van der Waals surface area contributed by atoms with Crippen molar-refractivity contribution >= 4 is 0 Å². The maximum Gasteiger partial charge on any atom is 0.296 e. The van der Waals surface area contributed by atoms with E-state index >= 15 is 0 Å². The minimum Gasteiger partial charge on any atom is -0.457 e. The van der Waals surface area contributed by atoms with E-state index < -0.39 is 0 Å². The molecule has 0 N–H and O–H groups in total. The fourth-order valence-corrected chi connectivity index (χ4v) is 2.91. The molecule has 7 heteroatoms. The molecule has 134 valence electrons.